The second kappa shape index (κ2) is 6.88. The van der Waals surface area contributed by atoms with E-state index in [1.54, 1.807) is 12.5 Å². The van der Waals surface area contributed by atoms with E-state index in [0.29, 0.717) is 12.1 Å². The highest BCUT2D eigenvalue weighted by atomic mass is 16.2. The van der Waals surface area contributed by atoms with E-state index in [1.807, 2.05) is 39.9 Å². The predicted octanol–water partition coefficient (Wildman–Crippen LogP) is 2.96. The molecule has 6 nitrogen and oxygen atoms in total. The summed E-state index contributed by atoms with van der Waals surface area (Å²) in [5.74, 6) is 0. The fourth-order valence-corrected chi connectivity index (χ4v) is 3.82. The van der Waals surface area contributed by atoms with Gasteiger partial charge in [0.05, 0.1) is 6.33 Å². The quantitative estimate of drug-likeness (QED) is 0.935. The van der Waals surface area contributed by atoms with Crippen LogP contribution in [0.15, 0.2) is 43.0 Å². The smallest absolute Gasteiger partial charge is 0.321 e. The monoisotopic (exact) mass is 339 g/mol. The van der Waals surface area contributed by atoms with E-state index in [2.05, 4.69) is 22.1 Å². The van der Waals surface area contributed by atoms with Gasteiger partial charge >= 0.3 is 6.03 Å². The number of carbonyl (C=O) groups is 1. The molecular formula is C19H25N5O. The zero-order valence-electron chi connectivity index (χ0n) is 14.6. The van der Waals surface area contributed by atoms with Gasteiger partial charge in [0, 0.05) is 48.9 Å². The lowest BCUT2D eigenvalue weighted by atomic mass is 9.98. The summed E-state index contributed by atoms with van der Waals surface area (Å²) in [7, 11) is 0. The van der Waals surface area contributed by atoms with E-state index < -0.39 is 0 Å². The fraction of sp³-hybridized carbons (Fsp3) is 0.474. The van der Waals surface area contributed by atoms with Crippen LogP contribution >= 0.6 is 0 Å². The highest BCUT2D eigenvalue weighted by molar-refractivity contribution is 5.90. The van der Waals surface area contributed by atoms with Crippen LogP contribution in [0.25, 0.3) is 5.69 Å². The molecule has 3 heterocycles. The molecule has 1 aromatic carbocycles. The van der Waals surface area contributed by atoms with Gasteiger partial charge in [0.1, 0.15) is 0 Å². The zero-order chi connectivity index (χ0) is 17.2. The number of hydrogen-bond acceptors (Lipinski definition) is 3. The molecule has 0 radical (unpaired) electrons. The van der Waals surface area contributed by atoms with Gasteiger partial charge in [0.15, 0.2) is 0 Å². The second-order valence-electron chi connectivity index (χ2n) is 7.09. The van der Waals surface area contributed by atoms with Crippen molar-refractivity contribution >= 4 is 11.7 Å². The molecule has 2 amide bonds. The van der Waals surface area contributed by atoms with E-state index in [4.69, 9.17) is 0 Å². The summed E-state index contributed by atoms with van der Waals surface area (Å²) in [4.78, 5) is 20.9. The van der Waals surface area contributed by atoms with Gasteiger partial charge in [-0.15, -0.1) is 0 Å². The van der Waals surface area contributed by atoms with Crippen LogP contribution < -0.4 is 5.32 Å². The third kappa shape index (κ3) is 3.39. The summed E-state index contributed by atoms with van der Waals surface area (Å²) in [6.45, 7) is 5.16. The molecule has 0 bridgehead atoms. The molecule has 1 atom stereocenters. The van der Waals surface area contributed by atoms with E-state index in [0.717, 1.165) is 24.5 Å². The van der Waals surface area contributed by atoms with Crippen molar-refractivity contribution in [3.8, 4) is 5.69 Å². The van der Waals surface area contributed by atoms with Crippen LogP contribution in [0.1, 0.15) is 26.2 Å². The Morgan fingerprint density at radius 2 is 2.00 bits per heavy atom. The minimum Gasteiger partial charge on any atom is -0.321 e. The van der Waals surface area contributed by atoms with Gasteiger partial charge < -0.3 is 14.8 Å². The highest BCUT2D eigenvalue weighted by Gasteiger charge is 2.37. The molecule has 2 aliphatic heterocycles. The van der Waals surface area contributed by atoms with Crippen LogP contribution in [-0.2, 0) is 0 Å². The third-order valence-electron chi connectivity index (χ3n) is 5.39. The highest BCUT2D eigenvalue weighted by Crippen LogP contribution is 2.25. The van der Waals surface area contributed by atoms with Crippen molar-refractivity contribution in [3.05, 3.63) is 43.0 Å². The van der Waals surface area contributed by atoms with Crippen LogP contribution in [0, 0.1) is 0 Å². The largest absolute Gasteiger partial charge is 0.321 e. The van der Waals surface area contributed by atoms with Gasteiger partial charge in [-0.05, 0) is 50.6 Å². The van der Waals surface area contributed by atoms with E-state index in [9.17, 15) is 4.79 Å². The SMILES string of the molecule is CC1CCCCN1C1CN(C(=O)Nc2ccc(-n3ccnc3)cc2)C1. The van der Waals surface area contributed by atoms with Crippen molar-refractivity contribution in [3.63, 3.8) is 0 Å². The van der Waals surface area contributed by atoms with Crippen molar-refractivity contribution in [1.82, 2.24) is 19.4 Å². The number of amides is 2. The third-order valence-corrected chi connectivity index (χ3v) is 5.39. The second-order valence-corrected chi connectivity index (χ2v) is 7.09. The van der Waals surface area contributed by atoms with E-state index >= 15 is 0 Å². The van der Waals surface area contributed by atoms with Crippen molar-refractivity contribution in [2.45, 2.75) is 38.3 Å². The lowest BCUT2D eigenvalue weighted by Gasteiger charge is -2.49. The number of piperidine rings is 1. The molecule has 1 unspecified atom stereocenters. The molecule has 25 heavy (non-hydrogen) atoms. The molecule has 4 rings (SSSR count). The van der Waals surface area contributed by atoms with Crippen LogP contribution in [0.2, 0.25) is 0 Å². The van der Waals surface area contributed by atoms with Crippen molar-refractivity contribution in [2.75, 3.05) is 25.0 Å². The Morgan fingerprint density at radius 3 is 2.68 bits per heavy atom. The van der Waals surface area contributed by atoms with Crippen LogP contribution in [0.4, 0.5) is 10.5 Å². The molecule has 2 saturated heterocycles. The molecule has 1 N–H and O–H groups in total. The number of aromatic nitrogens is 2. The summed E-state index contributed by atoms with van der Waals surface area (Å²) in [5.41, 5.74) is 1.85. The number of carbonyl (C=O) groups excluding carboxylic acids is 1. The van der Waals surface area contributed by atoms with Crippen molar-refractivity contribution in [1.29, 1.82) is 0 Å². The molecular weight excluding hydrogens is 314 g/mol. The van der Waals surface area contributed by atoms with Gasteiger partial charge in [-0.3, -0.25) is 4.90 Å². The first-order valence-corrected chi connectivity index (χ1v) is 9.11. The Morgan fingerprint density at radius 1 is 1.20 bits per heavy atom. The summed E-state index contributed by atoms with van der Waals surface area (Å²) in [5, 5.41) is 2.99. The van der Waals surface area contributed by atoms with Gasteiger partial charge in [0.25, 0.3) is 0 Å². The number of nitrogens with one attached hydrogen (secondary N) is 1. The molecule has 2 fully saturated rings. The minimum atomic E-state index is -0.00343. The molecule has 6 heteroatoms. The normalized spacial score (nSPS) is 21.8. The van der Waals surface area contributed by atoms with Crippen LogP contribution in [0.5, 0.6) is 0 Å². The number of likely N-dealkylation sites (tertiary alicyclic amines) is 2. The summed E-state index contributed by atoms with van der Waals surface area (Å²) >= 11 is 0. The number of hydrogen-bond donors (Lipinski definition) is 1. The first kappa shape index (κ1) is 16.1. The number of rotatable bonds is 3. The summed E-state index contributed by atoms with van der Waals surface area (Å²) < 4.78 is 1.94. The zero-order valence-corrected chi connectivity index (χ0v) is 14.6. The molecule has 0 spiro atoms. The summed E-state index contributed by atoms with van der Waals surface area (Å²) in [6.07, 6.45) is 9.32. The van der Waals surface area contributed by atoms with Gasteiger partial charge in [-0.1, -0.05) is 6.42 Å². The van der Waals surface area contributed by atoms with Gasteiger partial charge in [0.2, 0.25) is 0 Å². The van der Waals surface area contributed by atoms with Crippen molar-refractivity contribution < 1.29 is 4.79 Å². The average Bonchev–Trinajstić information content (AvgIpc) is 3.10. The standard InChI is InChI=1S/C19H25N5O/c1-15-4-2-3-10-24(15)18-12-23(13-18)19(25)21-16-5-7-17(8-6-16)22-11-9-20-14-22/h5-9,11,14-15,18H,2-4,10,12-13H2,1H3,(H,21,25). The van der Waals surface area contributed by atoms with E-state index in [-0.39, 0.29) is 6.03 Å². The molecule has 2 aliphatic rings. The molecule has 1 aromatic heterocycles. The maximum absolute atomic E-state index is 12.4. The number of imidazole rings is 1. The number of benzene rings is 1. The molecule has 0 saturated carbocycles. The molecule has 132 valence electrons. The average molecular weight is 339 g/mol. The Hall–Kier alpha value is -2.34. The molecule has 2 aromatic rings. The Kier molecular flexibility index (Phi) is 4.44. The lowest BCUT2D eigenvalue weighted by molar-refractivity contribution is 0.0199. The number of nitrogens with zero attached hydrogens (tertiary/aromatic N) is 4. The minimum absolute atomic E-state index is 0.00343. The van der Waals surface area contributed by atoms with Crippen LogP contribution in [0.3, 0.4) is 0 Å². The maximum Gasteiger partial charge on any atom is 0.321 e. The molecule has 0 aliphatic carbocycles. The summed E-state index contributed by atoms with van der Waals surface area (Å²) in [6, 6.07) is 8.99. The van der Waals surface area contributed by atoms with E-state index in [1.165, 1.54) is 25.8 Å². The van der Waals surface area contributed by atoms with Crippen molar-refractivity contribution in [2.24, 2.45) is 0 Å². The first-order valence-electron chi connectivity index (χ1n) is 9.11. The Bertz CT molecular complexity index is 706. The fourth-order valence-electron chi connectivity index (χ4n) is 3.82. The first-order chi connectivity index (χ1) is 12.2. The maximum atomic E-state index is 12.4. The lowest BCUT2D eigenvalue weighted by Crippen LogP contribution is -2.64. The number of anilines is 1. The van der Waals surface area contributed by atoms with Gasteiger partial charge in [-0.25, -0.2) is 9.78 Å². The Balaban J connectivity index is 1.30. The van der Waals surface area contributed by atoms with Gasteiger partial charge in [-0.2, -0.15) is 0 Å². The predicted molar refractivity (Wildman–Crippen MR) is 98.0 cm³/mol. The van der Waals surface area contributed by atoms with Crippen LogP contribution in [-0.4, -0.2) is 57.1 Å². The number of urea groups is 1. The topological polar surface area (TPSA) is 53.4 Å². The Labute approximate surface area is 148 Å².